The van der Waals surface area contributed by atoms with Crippen molar-refractivity contribution in [1.29, 1.82) is 0 Å². The molecule has 0 aliphatic heterocycles. The first-order chi connectivity index (χ1) is 10.7. The maximum atomic E-state index is 13.7. The zero-order valence-electron chi connectivity index (χ0n) is 12.4. The Hall–Kier alpha value is -1.96. The Morgan fingerprint density at radius 1 is 1.13 bits per heavy atom. The van der Waals surface area contributed by atoms with E-state index in [2.05, 4.69) is 5.43 Å². The van der Waals surface area contributed by atoms with Gasteiger partial charge in [-0.3, -0.25) is 10.2 Å². The van der Waals surface area contributed by atoms with Crippen LogP contribution in [0.25, 0.3) is 0 Å². The molecule has 2 aromatic rings. The van der Waals surface area contributed by atoms with Gasteiger partial charge in [-0.15, -0.1) is 4.83 Å². The van der Waals surface area contributed by atoms with Crippen molar-refractivity contribution in [3.63, 3.8) is 0 Å². The van der Waals surface area contributed by atoms with Gasteiger partial charge >= 0.3 is 0 Å². The first-order valence-corrected chi connectivity index (χ1v) is 8.41. The van der Waals surface area contributed by atoms with Crippen LogP contribution in [0.1, 0.15) is 21.5 Å². The van der Waals surface area contributed by atoms with Crippen LogP contribution in [0.15, 0.2) is 41.3 Å². The van der Waals surface area contributed by atoms with Gasteiger partial charge in [-0.05, 0) is 43.7 Å². The lowest BCUT2D eigenvalue weighted by atomic mass is 10.1. The first-order valence-electron chi connectivity index (χ1n) is 6.55. The van der Waals surface area contributed by atoms with Crippen molar-refractivity contribution in [2.45, 2.75) is 18.7 Å². The minimum Gasteiger partial charge on any atom is -0.273 e. The maximum Gasteiger partial charge on any atom is 0.266 e. The van der Waals surface area contributed by atoms with E-state index in [0.29, 0.717) is 11.1 Å². The zero-order valence-corrected chi connectivity index (χ0v) is 13.9. The van der Waals surface area contributed by atoms with Crippen LogP contribution >= 0.6 is 11.6 Å². The second kappa shape index (κ2) is 6.66. The van der Waals surface area contributed by atoms with E-state index < -0.39 is 26.6 Å². The van der Waals surface area contributed by atoms with Gasteiger partial charge in [0.2, 0.25) is 0 Å². The van der Waals surface area contributed by atoms with Crippen molar-refractivity contribution in [1.82, 2.24) is 10.3 Å². The molecule has 0 unspecified atom stereocenters. The van der Waals surface area contributed by atoms with Crippen molar-refractivity contribution in [3.8, 4) is 0 Å². The summed E-state index contributed by atoms with van der Waals surface area (Å²) in [7, 11) is -4.25. The van der Waals surface area contributed by atoms with Crippen LogP contribution in [-0.4, -0.2) is 14.3 Å². The molecule has 0 spiro atoms. The smallest absolute Gasteiger partial charge is 0.266 e. The van der Waals surface area contributed by atoms with Crippen LogP contribution in [0, 0.1) is 19.7 Å². The lowest BCUT2D eigenvalue weighted by Gasteiger charge is -2.11. The summed E-state index contributed by atoms with van der Waals surface area (Å²) in [4.78, 5) is 13.3. The fraction of sp³-hybridized carbons (Fsp3) is 0.133. The number of carbonyl (C=O) groups is 1. The number of nitrogens with one attached hydrogen (secondary N) is 2. The Kier molecular flexibility index (Phi) is 5.03. The number of hydrazine groups is 1. The molecule has 8 heteroatoms. The predicted molar refractivity (Wildman–Crippen MR) is 85.1 cm³/mol. The summed E-state index contributed by atoms with van der Waals surface area (Å²) in [6, 6.07) is 8.24. The third kappa shape index (κ3) is 4.07. The highest BCUT2D eigenvalue weighted by Gasteiger charge is 2.20. The molecule has 0 heterocycles. The molecule has 0 saturated heterocycles. The van der Waals surface area contributed by atoms with Crippen LogP contribution < -0.4 is 10.3 Å². The number of aryl methyl sites for hydroxylation is 2. The Labute approximate surface area is 138 Å². The molecule has 0 aliphatic rings. The Balaban J connectivity index is 2.17. The van der Waals surface area contributed by atoms with Crippen LogP contribution in [0.4, 0.5) is 4.39 Å². The topological polar surface area (TPSA) is 75.3 Å². The van der Waals surface area contributed by atoms with Gasteiger partial charge in [0.25, 0.3) is 15.9 Å². The number of carbonyl (C=O) groups excluding carboxylic acids is 1. The lowest BCUT2D eigenvalue weighted by molar-refractivity contribution is 0.0944. The quantitative estimate of drug-likeness (QED) is 0.827. The molecule has 1 amide bonds. The summed E-state index contributed by atoms with van der Waals surface area (Å²) in [6.45, 7) is 3.61. The van der Waals surface area contributed by atoms with Gasteiger partial charge in [-0.1, -0.05) is 29.3 Å². The van der Waals surface area contributed by atoms with E-state index in [1.807, 2.05) is 11.8 Å². The van der Waals surface area contributed by atoms with E-state index in [9.17, 15) is 17.6 Å². The van der Waals surface area contributed by atoms with Gasteiger partial charge in [0.1, 0.15) is 10.7 Å². The highest BCUT2D eigenvalue weighted by atomic mass is 35.5. The molecule has 0 bridgehead atoms. The summed E-state index contributed by atoms with van der Waals surface area (Å²) in [5.41, 5.74) is 4.05. The highest BCUT2D eigenvalue weighted by molar-refractivity contribution is 7.89. The van der Waals surface area contributed by atoms with Crippen LogP contribution in [0.2, 0.25) is 5.02 Å². The van der Waals surface area contributed by atoms with Crippen molar-refractivity contribution in [2.75, 3.05) is 0 Å². The molecule has 0 fully saturated rings. The molecular weight excluding hydrogens is 343 g/mol. The fourth-order valence-electron chi connectivity index (χ4n) is 2.00. The molecule has 2 N–H and O–H groups in total. The zero-order chi connectivity index (χ0) is 17.2. The largest absolute Gasteiger partial charge is 0.273 e. The standard InChI is InChI=1S/C15H14ClFN2O3S/c1-9-3-5-12(10(2)7-9)15(20)18-19-23(21,22)14-6-4-11(16)8-13(14)17/h3-8,19H,1-2H3,(H,18,20). The number of rotatable bonds is 4. The summed E-state index contributed by atoms with van der Waals surface area (Å²) in [6.07, 6.45) is 0. The van der Waals surface area contributed by atoms with Gasteiger partial charge in [0, 0.05) is 10.6 Å². The van der Waals surface area contributed by atoms with Gasteiger partial charge in [0.05, 0.1) is 0 Å². The summed E-state index contributed by atoms with van der Waals surface area (Å²) in [5, 5.41) is 0.0702. The number of halogens is 2. The van der Waals surface area contributed by atoms with E-state index in [0.717, 1.165) is 17.7 Å². The fourth-order valence-corrected chi connectivity index (χ4v) is 3.06. The van der Waals surface area contributed by atoms with E-state index >= 15 is 0 Å². The minimum absolute atomic E-state index is 0.0702. The highest BCUT2D eigenvalue weighted by Crippen LogP contribution is 2.18. The van der Waals surface area contributed by atoms with Gasteiger partial charge in [0.15, 0.2) is 0 Å². The van der Waals surface area contributed by atoms with Gasteiger partial charge in [-0.2, -0.15) is 0 Å². The van der Waals surface area contributed by atoms with Gasteiger partial charge < -0.3 is 0 Å². The van der Waals surface area contributed by atoms with Crippen molar-refractivity contribution in [3.05, 3.63) is 63.9 Å². The van der Waals surface area contributed by atoms with Crippen LogP contribution in [0.3, 0.4) is 0 Å². The molecule has 0 radical (unpaired) electrons. The summed E-state index contributed by atoms with van der Waals surface area (Å²) in [5.74, 6) is -1.65. The maximum absolute atomic E-state index is 13.7. The average molecular weight is 357 g/mol. The summed E-state index contributed by atoms with van der Waals surface area (Å²) >= 11 is 5.58. The lowest BCUT2D eigenvalue weighted by Crippen LogP contribution is -2.42. The first kappa shape index (κ1) is 17.4. The molecule has 0 saturated carbocycles. The normalized spacial score (nSPS) is 11.3. The molecule has 23 heavy (non-hydrogen) atoms. The molecule has 2 rings (SSSR count). The van der Waals surface area contributed by atoms with E-state index in [4.69, 9.17) is 11.6 Å². The molecule has 0 aliphatic carbocycles. The SMILES string of the molecule is Cc1ccc(C(=O)NNS(=O)(=O)c2ccc(Cl)cc2F)c(C)c1. The molecule has 2 aromatic carbocycles. The van der Waals surface area contributed by atoms with E-state index in [1.54, 1.807) is 25.1 Å². The number of amides is 1. The minimum atomic E-state index is -4.25. The second-order valence-electron chi connectivity index (χ2n) is 4.95. The Bertz CT molecular complexity index is 869. The Morgan fingerprint density at radius 3 is 2.43 bits per heavy atom. The van der Waals surface area contributed by atoms with Crippen molar-refractivity contribution >= 4 is 27.5 Å². The Morgan fingerprint density at radius 2 is 1.83 bits per heavy atom. The number of hydrogen-bond donors (Lipinski definition) is 2. The number of hydrogen-bond acceptors (Lipinski definition) is 3. The second-order valence-corrected chi connectivity index (χ2v) is 7.04. The van der Waals surface area contributed by atoms with Gasteiger partial charge in [-0.25, -0.2) is 12.8 Å². The number of benzene rings is 2. The third-order valence-corrected chi connectivity index (χ3v) is 4.62. The molecular formula is C15H14ClFN2O3S. The average Bonchev–Trinajstić information content (AvgIpc) is 2.44. The van der Waals surface area contributed by atoms with Crippen LogP contribution in [-0.2, 0) is 10.0 Å². The molecule has 5 nitrogen and oxygen atoms in total. The number of sulfonamides is 1. The van der Waals surface area contributed by atoms with Crippen molar-refractivity contribution < 1.29 is 17.6 Å². The molecule has 122 valence electrons. The summed E-state index contributed by atoms with van der Waals surface area (Å²) < 4.78 is 37.7. The third-order valence-electron chi connectivity index (χ3n) is 3.11. The molecule has 0 aromatic heterocycles. The van der Waals surface area contributed by atoms with Crippen molar-refractivity contribution in [2.24, 2.45) is 0 Å². The van der Waals surface area contributed by atoms with Crippen LogP contribution in [0.5, 0.6) is 0 Å². The predicted octanol–water partition coefficient (Wildman–Crippen LogP) is 2.72. The molecule has 0 atom stereocenters. The van der Waals surface area contributed by atoms with E-state index in [-0.39, 0.29) is 5.02 Å². The monoisotopic (exact) mass is 356 g/mol. The van der Waals surface area contributed by atoms with E-state index in [1.165, 1.54) is 6.07 Å².